The topological polar surface area (TPSA) is 30.5 Å². The Morgan fingerprint density at radius 1 is 0.857 bits per heavy atom. The van der Waals surface area contributed by atoms with Crippen molar-refractivity contribution in [2.24, 2.45) is 5.41 Å². The maximum Gasteiger partial charge on any atom is 0.183 e. The van der Waals surface area contributed by atoms with E-state index in [1.807, 2.05) is 42.5 Å². The molecule has 21 heavy (non-hydrogen) atoms. The Labute approximate surface area is 125 Å². The first-order valence-electron chi connectivity index (χ1n) is 7.28. The third-order valence-electron chi connectivity index (χ3n) is 3.50. The van der Waals surface area contributed by atoms with Gasteiger partial charge >= 0.3 is 0 Å². The lowest BCUT2D eigenvalue weighted by atomic mass is 9.95. The Morgan fingerprint density at radius 3 is 2.05 bits per heavy atom. The molecular weight excluding hydrogens is 262 g/mol. The van der Waals surface area contributed by atoms with E-state index in [0.29, 0.717) is 0 Å². The molecule has 0 radical (unpaired) electrons. The van der Waals surface area contributed by atoms with Gasteiger partial charge in [0.25, 0.3) is 0 Å². The number of anilines is 2. The Balaban J connectivity index is 1.65. The number of ether oxygens (including phenoxy) is 2. The van der Waals surface area contributed by atoms with Crippen LogP contribution in [-0.2, 0) is 9.47 Å². The minimum absolute atomic E-state index is 0.102. The minimum Gasteiger partial charge on any atom is -0.356 e. The van der Waals surface area contributed by atoms with Crippen LogP contribution in [0.2, 0.25) is 0 Å². The van der Waals surface area contributed by atoms with Crippen molar-refractivity contribution in [2.75, 3.05) is 18.5 Å². The molecular formula is C18H21NO2. The average Bonchev–Trinajstić information content (AvgIpc) is 2.49. The standard InChI is InChI=1S/C18H21NO2/c1-18(2)12-20-17(21-13-18)14-8-10-16(11-9-14)19-15-6-4-3-5-7-15/h3-11,17,19H,12-13H2,1-2H3. The van der Waals surface area contributed by atoms with Gasteiger partial charge in [0.2, 0.25) is 0 Å². The monoisotopic (exact) mass is 283 g/mol. The minimum atomic E-state index is -0.246. The fraction of sp³-hybridized carbons (Fsp3) is 0.333. The van der Waals surface area contributed by atoms with Gasteiger partial charge in [0, 0.05) is 22.4 Å². The molecule has 0 bridgehead atoms. The summed E-state index contributed by atoms with van der Waals surface area (Å²) in [6.45, 7) is 5.75. The summed E-state index contributed by atoms with van der Waals surface area (Å²) in [6.07, 6.45) is -0.246. The Bertz CT molecular complexity index is 568. The fourth-order valence-electron chi connectivity index (χ4n) is 2.30. The first-order valence-corrected chi connectivity index (χ1v) is 7.28. The lowest BCUT2D eigenvalue weighted by Gasteiger charge is -2.34. The Morgan fingerprint density at radius 2 is 1.43 bits per heavy atom. The number of nitrogens with one attached hydrogen (secondary N) is 1. The molecule has 0 spiro atoms. The molecule has 1 aliphatic heterocycles. The molecule has 0 saturated carbocycles. The maximum absolute atomic E-state index is 5.79. The fourth-order valence-corrected chi connectivity index (χ4v) is 2.30. The van der Waals surface area contributed by atoms with Crippen LogP contribution in [0.25, 0.3) is 0 Å². The van der Waals surface area contributed by atoms with Gasteiger partial charge in [-0.15, -0.1) is 0 Å². The first-order chi connectivity index (χ1) is 10.1. The second-order valence-electron chi connectivity index (χ2n) is 6.23. The summed E-state index contributed by atoms with van der Waals surface area (Å²) < 4.78 is 11.6. The molecule has 1 heterocycles. The van der Waals surface area contributed by atoms with Crippen molar-refractivity contribution in [3.05, 3.63) is 60.2 Å². The summed E-state index contributed by atoms with van der Waals surface area (Å²) >= 11 is 0. The zero-order valence-electron chi connectivity index (χ0n) is 12.5. The van der Waals surface area contributed by atoms with Gasteiger partial charge in [-0.2, -0.15) is 0 Å². The van der Waals surface area contributed by atoms with Crippen LogP contribution in [0.5, 0.6) is 0 Å². The van der Waals surface area contributed by atoms with Gasteiger partial charge in [0.05, 0.1) is 13.2 Å². The number of hydrogen-bond acceptors (Lipinski definition) is 3. The van der Waals surface area contributed by atoms with Crippen LogP contribution in [0, 0.1) is 5.41 Å². The molecule has 0 aliphatic carbocycles. The SMILES string of the molecule is CC1(C)COC(c2ccc(Nc3ccccc3)cc2)OC1. The van der Waals surface area contributed by atoms with E-state index >= 15 is 0 Å². The summed E-state index contributed by atoms with van der Waals surface area (Å²) in [4.78, 5) is 0. The molecule has 110 valence electrons. The Kier molecular flexibility index (Phi) is 3.95. The highest BCUT2D eigenvalue weighted by Crippen LogP contribution is 2.31. The molecule has 1 aliphatic rings. The summed E-state index contributed by atoms with van der Waals surface area (Å²) in [6, 6.07) is 18.3. The van der Waals surface area contributed by atoms with Gasteiger partial charge in [0.15, 0.2) is 6.29 Å². The van der Waals surface area contributed by atoms with E-state index in [4.69, 9.17) is 9.47 Å². The van der Waals surface area contributed by atoms with Gasteiger partial charge in [0.1, 0.15) is 0 Å². The first kappa shape index (κ1) is 14.1. The number of para-hydroxylation sites is 1. The molecule has 3 heteroatoms. The molecule has 1 fully saturated rings. The van der Waals surface area contributed by atoms with Crippen LogP contribution in [0.4, 0.5) is 11.4 Å². The van der Waals surface area contributed by atoms with E-state index in [-0.39, 0.29) is 11.7 Å². The predicted octanol–water partition coefficient (Wildman–Crippen LogP) is 4.50. The molecule has 0 aromatic heterocycles. The van der Waals surface area contributed by atoms with Crippen molar-refractivity contribution in [3.8, 4) is 0 Å². The third-order valence-corrected chi connectivity index (χ3v) is 3.50. The molecule has 0 amide bonds. The largest absolute Gasteiger partial charge is 0.356 e. The average molecular weight is 283 g/mol. The number of rotatable bonds is 3. The highest BCUT2D eigenvalue weighted by molar-refractivity contribution is 5.59. The van der Waals surface area contributed by atoms with Crippen LogP contribution in [-0.4, -0.2) is 13.2 Å². The zero-order valence-corrected chi connectivity index (χ0v) is 12.5. The van der Waals surface area contributed by atoms with Crippen LogP contribution in [0.1, 0.15) is 25.7 Å². The predicted molar refractivity (Wildman–Crippen MR) is 84.6 cm³/mol. The van der Waals surface area contributed by atoms with Gasteiger partial charge in [-0.25, -0.2) is 0 Å². The lowest BCUT2D eigenvalue weighted by molar-refractivity contribution is -0.226. The summed E-state index contributed by atoms with van der Waals surface area (Å²) in [5.74, 6) is 0. The van der Waals surface area contributed by atoms with Crippen molar-refractivity contribution >= 4 is 11.4 Å². The highest BCUT2D eigenvalue weighted by atomic mass is 16.7. The van der Waals surface area contributed by atoms with Crippen molar-refractivity contribution in [1.29, 1.82) is 0 Å². The maximum atomic E-state index is 5.79. The normalized spacial score (nSPS) is 18.4. The quantitative estimate of drug-likeness (QED) is 0.899. The van der Waals surface area contributed by atoms with E-state index in [2.05, 4.69) is 31.3 Å². The summed E-state index contributed by atoms with van der Waals surface area (Å²) in [7, 11) is 0. The summed E-state index contributed by atoms with van der Waals surface area (Å²) in [5, 5.41) is 3.37. The second kappa shape index (κ2) is 5.88. The van der Waals surface area contributed by atoms with Crippen molar-refractivity contribution in [2.45, 2.75) is 20.1 Å². The van der Waals surface area contributed by atoms with E-state index < -0.39 is 0 Å². The number of hydrogen-bond donors (Lipinski definition) is 1. The Hall–Kier alpha value is -1.84. The summed E-state index contributed by atoms with van der Waals surface area (Å²) in [5.41, 5.74) is 3.30. The number of benzene rings is 2. The van der Waals surface area contributed by atoms with Gasteiger partial charge < -0.3 is 14.8 Å². The molecule has 0 unspecified atom stereocenters. The van der Waals surface area contributed by atoms with E-state index in [1.165, 1.54) is 0 Å². The van der Waals surface area contributed by atoms with E-state index in [1.54, 1.807) is 0 Å². The van der Waals surface area contributed by atoms with Crippen LogP contribution < -0.4 is 5.32 Å². The lowest BCUT2D eigenvalue weighted by Crippen LogP contribution is -2.33. The molecule has 2 aromatic rings. The highest BCUT2D eigenvalue weighted by Gasteiger charge is 2.28. The zero-order chi connectivity index (χ0) is 14.7. The molecule has 1 saturated heterocycles. The molecule has 2 aromatic carbocycles. The van der Waals surface area contributed by atoms with Gasteiger partial charge in [-0.05, 0) is 24.3 Å². The van der Waals surface area contributed by atoms with E-state index in [9.17, 15) is 0 Å². The van der Waals surface area contributed by atoms with Crippen molar-refractivity contribution in [3.63, 3.8) is 0 Å². The smallest absolute Gasteiger partial charge is 0.183 e. The van der Waals surface area contributed by atoms with E-state index in [0.717, 1.165) is 30.2 Å². The second-order valence-corrected chi connectivity index (χ2v) is 6.23. The van der Waals surface area contributed by atoms with Crippen LogP contribution >= 0.6 is 0 Å². The van der Waals surface area contributed by atoms with Gasteiger partial charge in [-0.1, -0.05) is 44.2 Å². The van der Waals surface area contributed by atoms with Gasteiger partial charge in [-0.3, -0.25) is 0 Å². The van der Waals surface area contributed by atoms with Crippen molar-refractivity contribution < 1.29 is 9.47 Å². The molecule has 0 atom stereocenters. The molecule has 1 N–H and O–H groups in total. The van der Waals surface area contributed by atoms with Crippen molar-refractivity contribution in [1.82, 2.24) is 0 Å². The molecule has 3 nitrogen and oxygen atoms in total. The van der Waals surface area contributed by atoms with Crippen LogP contribution in [0.15, 0.2) is 54.6 Å². The third kappa shape index (κ3) is 3.63. The van der Waals surface area contributed by atoms with Crippen LogP contribution in [0.3, 0.4) is 0 Å². The molecule has 3 rings (SSSR count).